The van der Waals surface area contributed by atoms with Crippen LogP contribution in [-0.2, 0) is 4.74 Å². The normalized spacial score (nSPS) is 24.3. The summed E-state index contributed by atoms with van der Waals surface area (Å²) in [5, 5.41) is 0. The van der Waals surface area contributed by atoms with Crippen LogP contribution in [-0.4, -0.2) is 60.8 Å². The Balaban J connectivity index is 0.000000647. The molecule has 0 bridgehead atoms. The van der Waals surface area contributed by atoms with Crippen molar-refractivity contribution in [3.05, 3.63) is 18.5 Å². The number of hydrogen-bond donors (Lipinski definition) is 0. The first-order chi connectivity index (χ1) is 11.7. The molecule has 3 rings (SSSR count). The Bertz CT molecular complexity index is 442. The Kier molecular flexibility index (Phi) is 7.92. The molecule has 24 heavy (non-hydrogen) atoms. The minimum atomic E-state index is 0.495. The molecule has 1 aromatic heterocycles. The molecule has 0 spiro atoms. The van der Waals surface area contributed by atoms with Crippen molar-refractivity contribution in [2.45, 2.75) is 58.1 Å². The van der Waals surface area contributed by atoms with E-state index in [2.05, 4.69) is 40.7 Å². The van der Waals surface area contributed by atoms with Crippen LogP contribution in [0.2, 0.25) is 0 Å². The minimum Gasteiger partial charge on any atom is -0.381 e. The molecule has 0 amide bonds. The van der Waals surface area contributed by atoms with Gasteiger partial charge in [0, 0.05) is 45.2 Å². The summed E-state index contributed by atoms with van der Waals surface area (Å²) in [5.74, 6) is 1.68. The van der Waals surface area contributed by atoms with Crippen molar-refractivity contribution in [2.75, 3.05) is 38.7 Å². The fourth-order valence-electron chi connectivity index (χ4n) is 3.42. The van der Waals surface area contributed by atoms with Crippen molar-refractivity contribution in [2.24, 2.45) is 5.92 Å². The van der Waals surface area contributed by atoms with E-state index in [1.807, 2.05) is 25.6 Å². The molecule has 136 valence electrons. The summed E-state index contributed by atoms with van der Waals surface area (Å²) in [6, 6.07) is 2.60. The van der Waals surface area contributed by atoms with Gasteiger partial charge in [-0.2, -0.15) is 0 Å². The van der Waals surface area contributed by atoms with E-state index in [9.17, 15) is 0 Å². The molecule has 1 aromatic rings. The van der Waals surface area contributed by atoms with E-state index in [-0.39, 0.29) is 0 Å². The van der Waals surface area contributed by atoms with Crippen LogP contribution in [0.4, 0.5) is 5.95 Å². The number of piperidine rings is 1. The lowest BCUT2D eigenvalue weighted by Crippen LogP contribution is -2.48. The third kappa shape index (κ3) is 5.42. The van der Waals surface area contributed by atoms with Gasteiger partial charge in [-0.15, -0.1) is 0 Å². The number of anilines is 1. The smallest absolute Gasteiger partial charge is 0.225 e. The predicted molar refractivity (Wildman–Crippen MR) is 99.4 cm³/mol. The first-order valence-corrected chi connectivity index (χ1v) is 9.42. The minimum absolute atomic E-state index is 0.495. The zero-order valence-electron chi connectivity index (χ0n) is 15.8. The number of ether oxygens (including phenoxy) is 1. The Labute approximate surface area is 147 Å². The summed E-state index contributed by atoms with van der Waals surface area (Å²) in [6.45, 7) is 7.62. The molecule has 0 N–H and O–H groups in total. The fourth-order valence-corrected chi connectivity index (χ4v) is 3.42. The van der Waals surface area contributed by atoms with Crippen molar-refractivity contribution < 1.29 is 4.74 Å². The van der Waals surface area contributed by atoms with Gasteiger partial charge in [-0.3, -0.25) is 0 Å². The maximum atomic E-state index is 5.37. The Hall–Kier alpha value is -1.20. The summed E-state index contributed by atoms with van der Waals surface area (Å²) in [7, 11) is 4.09. The summed E-state index contributed by atoms with van der Waals surface area (Å²) in [4.78, 5) is 13.5. The van der Waals surface area contributed by atoms with E-state index >= 15 is 0 Å². The average Bonchev–Trinajstić information content (AvgIpc) is 2.56. The first-order valence-electron chi connectivity index (χ1n) is 9.42. The second-order valence-corrected chi connectivity index (χ2v) is 7.11. The molecule has 1 saturated carbocycles. The van der Waals surface area contributed by atoms with Crippen LogP contribution in [0.25, 0.3) is 0 Å². The molecule has 0 radical (unpaired) electrons. The topological polar surface area (TPSA) is 41.5 Å². The third-order valence-electron chi connectivity index (χ3n) is 5.02. The summed E-state index contributed by atoms with van der Waals surface area (Å²) in [6.07, 6.45) is 10.3. The highest BCUT2D eigenvalue weighted by atomic mass is 16.5. The van der Waals surface area contributed by atoms with Crippen LogP contribution in [0.1, 0.15) is 46.0 Å². The summed E-state index contributed by atoms with van der Waals surface area (Å²) < 4.78 is 5.37. The first kappa shape index (κ1) is 19.1. The quantitative estimate of drug-likeness (QED) is 0.827. The molecule has 2 fully saturated rings. The lowest BCUT2D eigenvalue weighted by atomic mass is 9.86. The maximum Gasteiger partial charge on any atom is 0.225 e. The van der Waals surface area contributed by atoms with Gasteiger partial charge in [-0.05, 0) is 44.7 Å². The molecule has 0 aromatic carbocycles. The number of hydrogen-bond acceptors (Lipinski definition) is 5. The monoisotopic (exact) mass is 334 g/mol. The van der Waals surface area contributed by atoms with Crippen LogP contribution < -0.4 is 4.90 Å². The molecule has 1 saturated heterocycles. The number of rotatable bonds is 5. The van der Waals surface area contributed by atoms with Gasteiger partial charge in [0.15, 0.2) is 0 Å². The van der Waals surface area contributed by atoms with E-state index < -0.39 is 0 Å². The largest absolute Gasteiger partial charge is 0.381 e. The standard InChI is InChI=1S/C16H26N4O.C3H8/c1-19(14-10-15(11-14)21-2)12-13-4-8-20(9-5-13)16-17-6-3-7-18-16;1-3-2/h3,6-7,13-15H,4-5,8-12H2,1-2H3;3H2,1-2H3. The van der Waals surface area contributed by atoms with Gasteiger partial charge in [-0.1, -0.05) is 20.3 Å². The van der Waals surface area contributed by atoms with E-state index in [1.165, 1.54) is 38.6 Å². The van der Waals surface area contributed by atoms with Crippen LogP contribution in [0.15, 0.2) is 18.5 Å². The van der Waals surface area contributed by atoms with E-state index in [4.69, 9.17) is 4.74 Å². The molecular formula is C19H34N4O. The summed E-state index contributed by atoms with van der Waals surface area (Å²) in [5.41, 5.74) is 0. The van der Waals surface area contributed by atoms with Gasteiger partial charge in [0.25, 0.3) is 0 Å². The van der Waals surface area contributed by atoms with Crippen molar-refractivity contribution in [1.29, 1.82) is 0 Å². The molecule has 5 heteroatoms. The molecule has 0 atom stereocenters. The van der Waals surface area contributed by atoms with E-state index in [1.54, 1.807) is 0 Å². The zero-order valence-corrected chi connectivity index (χ0v) is 15.8. The second kappa shape index (κ2) is 9.94. The molecule has 1 aliphatic heterocycles. The van der Waals surface area contributed by atoms with Crippen LogP contribution in [0.3, 0.4) is 0 Å². The average molecular weight is 335 g/mol. The van der Waals surface area contributed by atoms with Gasteiger partial charge in [0.05, 0.1) is 6.10 Å². The highest BCUT2D eigenvalue weighted by molar-refractivity contribution is 5.28. The Morgan fingerprint density at radius 1 is 1.17 bits per heavy atom. The van der Waals surface area contributed by atoms with Crippen molar-refractivity contribution in [1.82, 2.24) is 14.9 Å². The number of methoxy groups -OCH3 is 1. The van der Waals surface area contributed by atoms with E-state index in [0.29, 0.717) is 6.10 Å². The Morgan fingerprint density at radius 3 is 2.29 bits per heavy atom. The van der Waals surface area contributed by atoms with Crippen molar-refractivity contribution in [3.63, 3.8) is 0 Å². The fraction of sp³-hybridized carbons (Fsp3) is 0.789. The number of aromatic nitrogens is 2. The van der Waals surface area contributed by atoms with Crippen LogP contribution >= 0.6 is 0 Å². The van der Waals surface area contributed by atoms with Crippen LogP contribution in [0.5, 0.6) is 0 Å². The molecule has 2 aliphatic rings. The Morgan fingerprint density at radius 2 is 1.75 bits per heavy atom. The maximum absolute atomic E-state index is 5.37. The van der Waals surface area contributed by atoms with Gasteiger partial charge < -0.3 is 14.5 Å². The highest BCUT2D eigenvalue weighted by Crippen LogP contribution is 2.29. The third-order valence-corrected chi connectivity index (χ3v) is 5.02. The second-order valence-electron chi connectivity index (χ2n) is 7.11. The van der Waals surface area contributed by atoms with Gasteiger partial charge >= 0.3 is 0 Å². The number of nitrogens with zero attached hydrogens (tertiary/aromatic N) is 4. The zero-order chi connectivity index (χ0) is 17.4. The molecule has 5 nitrogen and oxygen atoms in total. The van der Waals surface area contributed by atoms with Gasteiger partial charge in [0.2, 0.25) is 5.95 Å². The lowest BCUT2D eigenvalue weighted by molar-refractivity contribution is -0.0238. The molecular weight excluding hydrogens is 300 g/mol. The molecule has 0 unspecified atom stereocenters. The SMILES string of the molecule is CCC.COC1CC(N(C)CC2CCN(c3ncccn3)CC2)C1. The lowest BCUT2D eigenvalue weighted by Gasteiger charge is -2.42. The summed E-state index contributed by atoms with van der Waals surface area (Å²) >= 11 is 0. The highest BCUT2D eigenvalue weighted by Gasteiger charge is 2.33. The molecule has 2 heterocycles. The van der Waals surface area contributed by atoms with Crippen molar-refractivity contribution >= 4 is 5.95 Å². The van der Waals surface area contributed by atoms with Crippen LogP contribution in [0, 0.1) is 5.92 Å². The predicted octanol–water partition coefficient (Wildman–Crippen LogP) is 3.22. The van der Waals surface area contributed by atoms with Gasteiger partial charge in [0.1, 0.15) is 0 Å². The molecule has 1 aliphatic carbocycles. The van der Waals surface area contributed by atoms with Gasteiger partial charge in [-0.25, -0.2) is 9.97 Å². The van der Waals surface area contributed by atoms with Crippen molar-refractivity contribution in [3.8, 4) is 0 Å². The van der Waals surface area contributed by atoms with E-state index in [0.717, 1.165) is 31.0 Å².